The second kappa shape index (κ2) is 6.03. The molecule has 126 valence electrons. The van der Waals surface area contributed by atoms with E-state index in [-0.39, 0.29) is 21.8 Å². The first-order chi connectivity index (χ1) is 11.8. The first-order valence-corrected chi connectivity index (χ1v) is 7.57. The molecule has 0 amide bonds. The molecule has 0 aliphatic carbocycles. The van der Waals surface area contributed by atoms with Crippen molar-refractivity contribution in [1.29, 1.82) is 0 Å². The summed E-state index contributed by atoms with van der Waals surface area (Å²) in [4.78, 5) is 36.1. The number of benzene rings is 2. The predicted octanol–water partition coefficient (Wildman–Crippen LogP) is 3.54. The van der Waals surface area contributed by atoms with E-state index in [9.17, 15) is 19.7 Å². The Morgan fingerprint density at radius 1 is 1.16 bits per heavy atom. The molecular formula is C17H12ClN3O4. The van der Waals surface area contributed by atoms with E-state index in [1.54, 1.807) is 19.1 Å². The second-order valence-electron chi connectivity index (χ2n) is 5.40. The van der Waals surface area contributed by atoms with Crippen LogP contribution in [0.25, 0.3) is 16.7 Å². The fourth-order valence-corrected chi connectivity index (χ4v) is 2.84. The highest BCUT2D eigenvalue weighted by atomic mass is 35.5. The van der Waals surface area contributed by atoms with Crippen molar-refractivity contribution in [3.8, 4) is 0 Å². The predicted molar refractivity (Wildman–Crippen MR) is 95.0 cm³/mol. The molecule has 2 aromatic carbocycles. The fraction of sp³-hybridized carbons (Fsp3) is 0.0588. The Kier molecular flexibility index (Phi) is 4.02. The van der Waals surface area contributed by atoms with Crippen molar-refractivity contribution in [3.05, 3.63) is 80.2 Å². The number of nitro groups is 1. The van der Waals surface area contributed by atoms with Gasteiger partial charge in [-0.05, 0) is 25.1 Å². The normalized spacial score (nSPS) is 10.8. The molecule has 3 aromatic rings. The monoisotopic (exact) mass is 357 g/mol. The van der Waals surface area contributed by atoms with Crippen molar-refractivity contribution in [2.75, 3.05) is 0 Å². The van der Waals surface area contributed by atoms with Crippen molar-refractivity contribution in [2.24, 2.45) is 0 Å². The number of allylic oxidation sites excluding steroid dienone is 1. The summed E-state index contributed by atoms with van der Waals surface area (Å²) in [5, 5.41) is 11.2. The number of carbonyl (C=O) groups excluding carboxylic acids is 1. The number of imidazole rings is 1. The molecule has 0 saturated carbocycles. The summed E-state index contributed by atoms with van der Waals surface area (Å²) in [5.74, 6) is -0.666. The highest BCUT2D eigenvalue weighted by Gasteiger charge is 2.23. The summed E-state index contributed by atoms with van der Waals surface area (Å²) in [6, 6.07) is 10.2. The Bertz CT molecular complexity index is 1110. The van der Waals surface area contributed by atoms with Gasteiger partial charge in [0.1, 0.15) is 0 Å². The fourth-order valence-electron chi connectivity index (χ4n) is 2.62. The van der Waals surface area contributed by atoms with Crippen LogP contribution in [-0.2, 0) is 0 Å². The number of halogens is 1. The van der Waals surface area contributed by atoms with Crippen LogP contribution in [0, 0.1) is 10.1 Å². The minimum absolute atomic E-state index is 0.118. The topological polar surface area (TPSA) is 87.1 Å². The molecule has 0 radical (unpaired) electrons. The lowest BCUT2D eigenvalue weighted by atomic mass is 10.2. The van der Waals surface area contributed by atoms with E-state index in [0.29, 0.717) is 11.2 Å². The van der Waals surface area contributed by atoms with Gasteiger partial charge in [0.25, 0.3) is 11.6 Å². The van der Waals surface area contributed by atoms with E-state index < -0.39 is 16.5 Å². The number of nitro benzene ring substituents is 1. The SMILES string of the molecule is C=C(C)n1c(=O)n(C(=O)c2ccccc2Cl)c2cc([N+](=O)[O-])ccc21. The molecule has 0 bridgehead atoms. The molecule has 1 heterocycles. The van der Waals surface area contributed by atoms with E-state index in [1.165, 1.54) is 34.9 Å². The first-order valence-electron chi connectivity index (χ1n) is 7.20. The molecule has 0 spiro atoms. The molecule has 3 rings (SSSR count). The Labute approximate surface area is 146 Å². The molecule has 0 aliphatic heterocycles. The number of carbonyl (C=O) groups is 1. The Morgan fingerprint density at radius 2 is 1.84 bits per heavy atom. The average molecular weight is 358 g/mol. The van der Waals surface area contributed by atoms with Crippen LogP contribution >= 0.6 is 11.6 Å². The van der Waals surface area contributed by atoms with Crippen LogP contribution in [0.5, 0.6) is 0 Å². The Morgan fingerprint density at radius 3 is 2.44 bits per heavy atom. The summed E-state index contributed by atoms with van der Waals surface area (Å²) < 4.78 is 2.10. The van der Waals surface area contributed by atoms with E-state index in [2.05, 4.69) is 6.58 Å². The van der Waals surface area contributed by atoms with Crippen molar-refractivity contribution < 1.29 is 9.72 Å². The molecule has 8 heteroatoms. The number of aromatic nitrogens is 2. The quantitative estimate of drug-likeness (QED) is 0.529. The number of non-ortho nitro benzene ring substituents is 1. The lowest BCUT2D eigenvalue weighted by molar-refractivity contribution is -0.384. The zero-order chi connectivity index (χ0) is 18.3. The average Bonchev–Trinajstić information content (AvgIpc) is 2.85. The summed E-state index contributed by atoms with van der Waals surface area (Å²) in [6.07, 6.45) is 0. The summed E-state index contributed by atoms with van der Waals surface area (Å²) >= 11 is 6.05. The smallest absolute Gasteiger partial charge is 0.268 e. The highest BCUT2D eigenvalue weighted by molar-refractivity contribution is 6.34. The Hall–Kier alpha value is -3.19. The maximum atomic E-state index is 12.9. The zero-order valence-corrected chi connectivity index (χ0v) is 13.9. The van der Waals surface area contributed by atoms with Crippen LogP contribution in [0.15, 0.2) is 53.8 Å². The van der Waals surface area contributed by atoms with Gasteiger partial charge in [-0.3, -0.25) is 19.5 Å². The molecule has 0 atom stereocenters. The lowest BCUT2D eigenvalue weighted by Crippen LogP contribution is -2.29. The van der Waals surface area contributed by atoms with E-state index in [4.69, 9.17) is 11.6 Å². The highest BCUT2D eigenvalue weighted by Crippen LogP contribution is 2.24. The van der Waals surface area contributed by atoms with Crippen molar-refractivity contribution in [2.45, 2.75) is 6.92 Å². The van der Waals surface area contributed by atoms with E-state index in [0.717, 1.165) is 4.57 Å². The van der Waals surface area contributed by atoms with Gasteiger partial charge in [0.2, 0.25) is 0 Å². The number of fused-ring (bicyclic) bond motifs is 1. The Balaban J connectivity index is 2.39. The molecule has 0 saturated heterocycles. The number of hydrogen-bond donors (Lipinski definition) is 0. The number of nitrogens with zero attached hydrogens (tertiary/aromatic N) is 3. The van der Waals surface area contributed by atoms with Crippen molar-refractivity contribution >= 4 is 39.9 Å². The summed E-state index contributed by atoms with van der Waals surface area (Å²) in [6.45, 7) is 5.34. The largest absolute Gasteiger partial charge is 0.340 e. The first kappa shape index (κ1) is 16.7. The maximum absolute atomic E-state index is 12.9. The second-order valence-corrected chi connectivity index (χ2v) is 5.81. The van der Waals surface area contributed by atoms with Gasteiger partial charge in [0.15, 0.2) is 0 Å². The number of hydrogen-bond acceptors (Lipinski definition) is 4. The van der Waals surface area contributed by atoms with Gasteiger partial charge in [0, 0.05) is 17.8 Å². The standard InChI is InChI=1S/C17H12ClN3O4/c1-10(2)19-14-8-7-11(21(24)25)9-15(14)20(17(19)23)16(22)12-5-3-4-6-13(12)18/h3-9H,1H2,2H3. The molecular weight excluding hydrogens is 346 g/mol. The van der Waals surface area contributed by atoms with Crippen LogP contribution < -0.4 is 5.69 Å². The van der Waals surface area contributed by atoms with Gasteiger partial charge in [-0.2, -0.15) is 0 Å². The molecule has 0 fully saturated rings. The van der Waals surface area contributed by atoms with Gasteiger partial charge in [-0.15, -0.1) is 0 Å². The van der Waals surface area contributed by atoms with Gasteiger partial charge >= 0.3 is 5.69 Å². The minimum atomic E-state index is -0.666. The third-order valence-electron chi connectivity index (χ3n) is 3.72. The molecule has 1 aromatic heterocycles. The van der Waals surface area contributed by atoms with Gasteiger partial charge in [-0.25, -0.2) is 9.36 Å². The van der Waals surface area contributed by atoms with E-state index in [1.807, 2.05) is 0 Å². The molecule has 0 N–H and O–H groups in total. The minimum Gasteiger partial charge on any atom is -0.268 e. The third-order valence-corrected chi connectivity index (χ3v) is 4.05. The van der Waals surface area contributed by atoms with Gasteiger partial charge in [0.05, 0.1) is 26.5 Å². The molecule has 0 unspecified atom stereocenters. The number of rotatable bonds is 3. The molecule has 0 aliphatic rings. The zero-order valence-electron chi connectivity index (χ0n) is 13.1. The third kappa shape index (κ3) is 2.64. The lowest BCUT2D eigenvalue weighted by Gasteiger charge is -2.04. The van der Waals surface area contributed by atoms with Crippen molar-refractivity contribution in [3.63, 3.8) is 0 Å². The van der Waals surface area contributed by atoms with Crippen LogP contribution in [0.2, 0.25) is 5.02 Å². The summed E-state index contributed by atoms with van der Waals surface area (Å²) in [7, 11) is 0. The van der Waals surface area contributed by atoms with Crippen LogP contribution in [-0.4, -0.2) is 20.0 Å². The van der Waals surface area contributed by atoms with Crippen LogP contribution in [0.4, 0.5) is 5.69 Å². The molecule has 7 nitrogen and oxygen atoms in total. The van der Waals surface area contributed by atoms with Gasteiger partial charge in [-0.1, -0.05) is 30.3 Å². The van der Waals surface area contributed by atoms with Crippen molar-refractivity contribution in [1.82, 2.24) is 9.13 Å². The van der Waals surface area contributed by atoms with Crippen LogP contribution in [0.1, 0.15) is 17.3 Å². The maximum Gasteiger partial charge on any atom is 0.340 e. The molecule has 25 heavy (non-hydrogen) atoms. The van der Waals surface area contributed by atoms with Gasteiger partial charge < -0.3 is 0 Å². The van der Waals surface area contributed by atoms with Crippen LogP contribution in [0.3, 0.4) is 0 Å². The summed E-state index contributed by atoms with van der Waals surface area (Å²) in [5.41, 5.74) is 0.0868. The van der Waals surface area contributed by atoms with E-state index >= 15 is 0 Å².